The van der Waals surface area contributed by atoms with Crippen LogP contribution < -0.4 is 16.6 Å². The molecule has 0 amide bonds. The second-order valence-electron chi connectivity index (χ2n) is 5.09. The summed E-state index contributed by atoms with van der Waals surface area (Å²) in [4.78, 5) is 8.99. The second kappa shape index (κ2) is 6.53. The lowest BCUT2D eigenvalue weighted by Crippen LogP contribution is -2.15. The summed E-state index contributed by atoms with van der Waals surface area (Å²) in [6.07, 6.45) is 3.69. The first-order chi connectivity index (χ1) is 10.1. The van der Waals surface area contributed by atoms with Gasteiger partial charge in [0.25, 0.3) is 0 Å². The minimum Gasteiger partial charge on any atom is -0.365 e. The first kappa shape index (κ1) is 15.2. The minimum absolute atomic E-state index is 0.666. The molecule has 0 aromatic carbocycles. The summed E-state index contributed by atoms with van der Waals surface area (Å²) < 4.78 is 1.86. The highest BCUT2D eigenvalue weighted by atomic mass is 15.3. The predicted molar refractivity (Wildman–Crippen MR) is 83.8 cm³/mol. The monoisotopic (exact) mass is 289 g/mol. The Hall–Kier alpha value is -2.15. The number of hydrazine groups is 1. The molecular formula is C14H23N7. The predicted octanol–water partition coefficient (Wildman–Crippen LogP) is 1.68. The fourth-order valence-electron chi connectivity index (χ4n) is 2.11. The molecule has 0 fully saturated rings. The number of anilines is 2. The molecule has 2 heterocycles. The molecule has 0 bridgehead atoms. The molecule has 0 aliphatic carbocycles. The van der Waals surface area contributed by atoms with Crippen molar-refractivity contribution in [1.82, 2.24) is 19.7 Å². The number of nitrogens with zero attached hydrogens (tertiary/aromatic N) is 4. The van der Waals surface area contributed by atoms with E-state index in [2.05, 4.69) is 32.7 Å². The van der Waals surface area contributed by atoms with Gasteiger partial charge in [-0.2, -0.15) is 5.10 Å². The molecule has 7 heteroatoms. The molecular weight excluding hydrogens is 266 g/mol. The minimum atomic E-state index is 0.666. The molecule has 0 atom stereocenters. The summed E-state index contributed by atoms with van der Waals surface area (Å²) in [5.74, 6) is 7.81. The van der Waals surface area contributed by atoms with Gasteiger partial charge in [0.15, 0.2) is 0 Å². The molecule has 7 nitrogen and oxygen atoms in total. The van der Waals surface area contributed by atoms with Crippen molar-refractivity contribution in [2.24, 2.45) is 12.9 Å². The van der Waals surface area contributed by atoms with Gasteiger partial charge in [0.05, 0.1) is 6.20 Å². The first-order valence-electron chi connectivity index (χ1n) is 7.12. The van der Waals surface area contributed by atoms with Crippen LogP contribution in [0.1, 0.15) is 36.0 Å². The molecule has 0 aliphatic rings. The lowest BCUT2D eigenvalue weighted by atomic mass is 10.2. The van der Waals surface area contributed by atoms with E-state index in [1.807, 2.05) is 31.8 Å². The number of hydrogen-bond acceptors (Lipinski definition) is 6. The standard InChI is InChI=1S/C14H23N7/c1-5-6-12-18-13(9(2)14(19-12)20-15)16-7-11-8-17-21(4)10(11)3/h8H,5-7,15H2,1-4H3,(H2,16,18,19,20). The smallest absolute Gasteiger partial charge is 0.148 e. The zero-order valence-electron chi connectivity index (χ0n) is 13.1. The van der Waals surface area contributed by atoms with Crippen molar-refractivity contribution in [3.63, 3.8) is 0 Å². The van der Waals surface area contributed by atoms with Crippen LogP contribution in [0.2, 0.25) is 0 Å². The summed E-state index contributed by atoms with van der Waals surface area (Å²) in [7, 11) is 1.94. The van der Waals surface area contributed by atoms with Gasteiger partial charge in [0, 0.05) is 36.8 Å². The normalized spacial score (nSPS) is 10.7. The Morgan fingerprint density at radius 1 is 1.24 bits per heavy atom. The molecule has 2 aromatic heterocycles. The lowest BCUT2D eigenvalue weighted by molar-refractivity contribution is 0.738. The van der Waals surface area contributed by atoms with Crippen LogP contribution in [-0.2, 0) is 20.0 Å². The van der Waals surface area contributed by atoms with Gasteiger partial charge in [0.2, 0.25) is 0 Å². The van der Waals surface area contributed by atoms with Crippen LogP contribution in [0.25, 0.3) is 0 Å². The molecule has 21 heavy (non-hydrogen) atoms. The summed E-state index contributed by atoms with van der Waals surface area (Å²) in [6.45, 7) is 6.77. The van der Waals surface area contributed by atoms with E-state index in [0.717, 1.165) is 41.3 Å². The van der Waals surface area contributed by atoms with Gasteiger partial charge in [-0.15, -0.1) is 0 Å². The Morgan fingerprint density at radius 3 is 2.52 bits per heavy atom. The molecule has 0 saturated heterocycles. The second-order valence-corrected chi connectivity index (χ2v) is 5.09. The largest absolute Gasteiger partial charge is 0.365 e. The van der Waals surface area contributed by atoms with Gasteiger partial charge in [-0.05, 0) is 20.3 Å². The van der Waals surface area contributed by atoms with E-state index in [4.69, 9.17) is 5.84 Å². The number of nitrogens with two attached hydrogens (primary N) is 1. The van der Waals surface area contributed by atoms with E-state index < -0.39 is 0 Å². The topological polar surface area (TPSA) is 93.7 Å². The Kier molecular flexibility index (Phi) is 4.74. The van der Waals surface area contributed by atoms with E-state index >= 15 is 0 Å². The van der Waals surface area contributed by atoms with Crippen LogP contribution in [0.15, 0.2) is 6.20 Å². The van der Waals surface area contributed by atoms with Gasteiger partial charge in [-0.25, -0.2) is 15.8 Å². The van der Waals surface area contributed by atoms with Crippen molar-refractivity contribution < 1.29 is 0 Å². The first-order valence-corrected chi connectivity index (χ1v) is 7.12. The van der Waals surface area contributed by atoms with E-state index in [1.165, 1.54) is 0 Å². The van der Waals surface area contributed by atoms with Crippen LogP contribution in [0, 0.1) is 13.8 Å². The van der Waals surface area contributed by atoms with Crippen molar-refractivity contribution in [3.05, 3.63) is 28.8 Å². The molecule has 2 aromatic rings. The van der Waals surface area contributed by atoms with Crippen LogP contribution >= 0.6 is 0 Å². The number of aryl methyl sites for hydroxylation is 2. The fraction of sp³-hybridized carbons (Fsp3) is 0.500. The van der Waals surface area contributed by atoms with Crippen LogP contribution in [0.3, 0.4) is 0 Å². The van der Waals surface area contributed by atoms with Gasteiger partial charge >= 0.3 is 0 Å². The highest BCUT2D eigenvalue weighted by Crippen LogP contribution is 2.20. The number of nitrogens with one attached hydrogen (secondary N) is 2. The third-order valence-corrected chi connectivity index (χ3v) is 3.59. The van der Waals surface area contributed by atoms with Crippen molar-refractivity contribution in [1.29, 1.82) is 0 Å². The lowest BCUT2D eigenvalue weighted by Gasteiger charge is -2.13. The van der Waals surface area contributed by atoms with Gasteiger partial charge in [-0.1, -0.05) is 6.92 Å². The van der Waals surface area contributed by atoms with Crippen LogP contribution in [0.5, 0.6) is 0 Å². The molecule has 0 spiro atoms. The fourth-order valence-corrected chi connectivity index (χ4v) is 2.11. The average Bonchev–Trinajstić information content (AvgIpc) is 2.79. The highest BCUT2D eigenvalue weighted by molar-refractivity contribution is 5.56. The third-order valence-electron chi connectivity index (χ3n) is 3.59. The number of nitrogen functional groups attached to an aromatic ring is 1. The van der Waals surface area contributed by atoms with Crippen molar-refractivity contribution >= 4 is 11.6 Å². The van der Waals surface area contributed by atoms with Crippen molar-refractivity contribution in [2.45, 2.75) is 40.2 Å². The zero-order chi connectivity index (χ0) is 15.4. The van der Waals surface area contributed by atoms with Gasteiger partial charge in [-0.3, -0.25) is 4.68 Å². The maximum atomic E-state index is 5.54. The zero-order valence-corrected chi connectivity index (χ0v) is 13.1. The van der Waals surface area contributed by atoms with E-state index in [-0.39, 0.29) is 0 Å². The SMILES string of the molecule is CCCc1nc(NN)c(C)c(NCc2cnn(C)c2C)n1. The molecule has 114 valence electrons. The van der Waals surface area contributed by atoms with Crippen LogP contribution in [-0.4, -0.2) is 19.7 Å². The summed E-state index contributed by atoms with van der Waals surface area (Å²) in [5, 5.41) is 7.60. The third kappa shape index (κ3) is 3.30. The van der Waals surface area contributed by atoms with Gasteiger partial charge < -0.3 is 10.7 Å². The highest BCUT2D eigenvalue weighted by Gasteiger charge is 2.11. The van der Waals surface area contributed by atoms with Crippen molar-refractivity contribution in [2.75, 3.05) is 10.7 Å². The maximum absolute atomic E-state index is 5.54. The Morgan fingerprint density at radius 2 is 1.95 bits per heavy atom. The molecule has 2 rings (SSSR count). The van der Waals surface area contributed by atoms with E-state index in [1.54, 1.807) is 0 Å². The Labute approximate surface area is 124 Å². The van der Waals surface area contributed by atoms with Gasteiger partial charge in [0.1, 0.15) is 17.5 Å². The quantitative estimate of drug-likeness (QED) is 0.553. The Bertz CT molecular complexity index is 618. The molecule has 0 radical (unpaired) electrons. The molecule has 4 N–H and O–H groups in total. The average molecular weight is 289 g/mol. The van der Waals surface area contributed by atoms with E-state index in [9.17, 15) is 0 Å². The number of aromatic nitrogens is 4. The van der Waals surface area contributed by atoms with Crippen LogP contribution in [0.4, 0.5) is 11.6 Å². The summed E-state index contributed by atoms with van der Waals surface area (Å²) >= 11 is 0. The summed E-state index contributed by atoms with van der Waals surface area (Å²) in [6, 6.07) is 0. The molecule has 0 saturated carbocycles. The number of rotatable bonds is 6. The Balaban J connectivity index is 2.22. The van der Waals surface area contributed by atoms with Crippen molar-refractivity contribution in [3.8, 4) is 0 Å². The van der Waals surface area contributed by atoms with E-state index in [0.29, 0.717) is 12.4 Å². The molecule has 0 aliphatic heterocycles. The summed E-state index contributed by atoms with van der Waals surface area (Å²) in [5.41, 5.74) is 5.84. The number of hydrogen-bond donors (Lipinski definition) is 3. The molecule has 0 unspecified atom stereocenters. The maximum Gasteiger partial charge on any atom is 0.148 e.